The summed E-state index contributed by atoms with van der Waals surface area (Å²) >= 11 is 1.52. The minimum absolute atomic E-state index is 0.0180. The van der Waals surface area contributed by atoms with E-state index in [0.29, 0.717) is 0 Å². The fourth-order valence-electron chi connectivity index (χ4n) is 4.17. The summed E-state index contributed by atoms with van der Waals surface area (Å²) in [6.45, 7) is 0.162. The van der Waals surface area contributed by atoms with Crippen molar-refractivity contribution in [1.29, 1.82) is 0 Å². The maximum atomic E-state index is 12.6. The Bertz CT molecular complexity index is 1270. The minimum Gasteiger partial charge on any atom is -0.478 e. The molecule has 0 fully saturated rings. The molecule has 6 heteroatoms. The average Bonchev–Trinajstić information content (AvgIpc) is 3.45. The van der Waals surface area contributed by atoms with Crippen molar-refractivity contribution < 1.29 is 19.4 Å². The number of nitrogens with one attached hydrogen (secondary N) is 1. The Hall–Kier alpha value is -3.90. The molecular weight excluding hydrogens is 422 g/mol. The minimum atomic E-state index is -1.11. The van der Waals surface area contributed by atoms with E-state index >= 15 is 0 Å². The molecule has 158 valence electrons. The van der Waals surface area contributed by atoms with E-state index in [9.17, 15) is 14.7 Å². The maximum Gasteiger partial charge on any atom is 0.411 e. The summed E-state index contributed by atoms with van der Waals surface area (Å²) in [5, 5.41) is 14.2. The number of anilines is 1. The molecule has 5 nitrogen and oxygen atoms in total. The van der Waals surface area contributed by atoms with Gasteiger partial charge in [0.2, 0.25) is 0 Å². The first-order chi connectivity index (χ1) is 15.6. The van der Waals surface area contributed by atoms with E-state index in [1.165, 1.54) is 11.3 Å². The number of rotatable bonds is 5. The molecule has 32 heavy (non-hydrogen) atoms. The molecule has 0 saturated carbocycles. The second-order valence-corrected chi connectivity index (χ2v) is 8.44. The molecule has 0 spiro atoms. The summed E-state index contributed by atoms with van der Waals surface area (Å²) in [6, 6.07) is 25.0. The zero-order valence-electron chi connectivity index (χ0n) is 16.9. The van der Waals surface area contributed by atoms with Gasteiger partial charge in [-0.2, -0.15) is 0 Å². The third kappa shape index (κ3) is 3.65. The zero-order chi connectivity index (χ0) is 22.1. The third-order valence-corrected chi connectivity index (χ3v) is 6.56. The standard InChI is InChI=1S/C26H19NO4S/c28-25(29)21-14-16(24-10-5-13-32-24)11-12-23(21)27-26(30)31-15-22-19-8-3-1-6-17(19)18-7-2-4-9-20(18)22/h1-14,22H,15H2,(H,27,30)(H,28,29). The van der Waals surface area contributed by atoms with Crippen molar-refractivity contribution in [2.24, 2.45) is 0 Å². The molecule has 1 aliphatic carbocycles. The fourth-order valence-corrected chi connectivity index (χ4v) is 4.89. The molecule has 1 aromatic heterocycles. The van der Waals surface area contributed by atoms with Crippen molar-refractivity contribution >= 4 is 29.1 Å². The smallest absolute Gasteiger partial charge is 0.411 e. The number of hydrogen-bond donors (Lipinski definition) is 2. The molecule has 0 aliphatic heterocycles. The van der Waals surface area contributed by atoms with Gasteiger partial charge in [-0.05, 0) is 51.4 Å². The molecular formula is C26H19NO4S. The lowest BCUT2D eigenvalue weighted by Gasteiger charge is -2.15. The summed E-state index contributed by atoms with van der Waals surface area (Å²) in [7, 11) is 0. The second-order valence-electron chi connectivity index (χ2n) is 7.49. The molecule has 2 N–H and O–H groups in total. The monoisotopic (exact) mass is 441 g/mol. The third-order valence-electron chi connectivity index (χ3n) is 5.64. The summed E-state index contributed by atoms with van der Waals surface area (Å²) in [5.41, 5.74) is 5.54. The van der Waals surface area contributed by atoms with Crippen LogP contribution < -0.4 is 5.32 Å². The SMILES string of the molecule is O=C(Nc1ccc(-c2cccs2)cc1C(=O)O)OCC1c2ccccc2-c2ccccc21. The van der Waals surface area contributed by atoms with Crippen molar-refractivity contribution in [2.45, 2.75) is 5.92 Å². The molecule has 0 radical (unpaired) electrons. The van der Waals surface area contributed by atoms with Crippen molar-refractivity contribution in [3.05, 3.63) is 101 Å². The highest BCUT2D eigenvalue weighted by Gasteiger charge is 2.29. The molecule has 5 rings (SSSR count). The Morgan fingerprint density at radius 3 is 2.22 bits per heavy atom. The molecule has 1 aliphatic rings. The number of carboxylic acids is 1. The first-order valence-electron chi connectivity index (χ1n) is 10.1. The van der Waals surface area contributed by atoms with E-state index in [1.807, 2.05) is 53.9 Å². The molecule has 3 aromatic carbocycles. The van der Waals surface area contributed by atoms with Gasteiger partial charge in [-0.25, -0.2) is 9.59 Å². The average molecular weight is 442 g/mol. The summed E-state index contributed by atoms with van der Waals surface area (Å²) in [4.78, 5) is 25.3. The van der Waals surface area contributed by atoms with Crippen molar-refractivity contribution in [3.8, 4) is 21.6 Å². The molecule has 0 atom stereocenters. The van der Waals surface area contributed by atoms with Gasteiger partial charge in [0, 0.05) is 10.8 Å². The summed E-state index contributed by atoms with van der Waals surface area (Å²) < 4.78 is 5.54. The van der Waals surface area contributed by atoms with E-state index in [4.69, 9.17) is 4.74 Å². The van der Waals surface area contributed by atoms with Crippen LogP contribution in [0.2, 0.25) is 0 Å². The highest BCUT2D eigenvalue weighted by molar-refractivity contribution is 7.13. The van der Waals surface area contributed by atoms with Crippen LogP contribution in [0.5, 0.6) is 0 Å². The van der Waals surface area contributed by atoms with Gasteiger partial charge in [0.15, 0.2) is 0 Å². The van der Waals surface area contributed by atoms with Crippen LogP contribution in [0, 0.1) is 0 Å². The number of carbonyl (C=O) groups excluding carboxylic acids is 1. The van der Waals surface area contributed by atoms with E-state index in [2.05, 4.69) is 17.4 Å². The Morgan fingerprint density at radius 2 is 1.59 bits per heavy atom. The molecule has 0 bridgehead atoms. The Balaban J connectivity index is 1.33. The molecule has 0 unspecified atom stereocenters. The highest BCUT2D eigenvalue weighted by Crippen LogP contribution is 2.44. The molecule has 1 heterocycles. The number of benzene rings is 3. The van der Waals surface area contributed by atoms with Crippen LogP contribution in [0.4, 0.5) is 10.5 Å². The van der Waals surface area contributed by atoms with Gasteiger partial charge in [-0.3, -0.25) is 5.32 Å². The van der Waals surface area contributed by atoms with E-state index in [-0.39, 0.29) is 23.8 Å². The number of fused-ring (bicyclic) bond motifs is 3. The predicted octanol–water partition coefficient (Wildman–Crippen LogP) is 6.47. The summed E-state index contributed by atoms with van der Waals surface area (Å²) in [6.07, 6.45) is -0.682. The van der Waals surface area contributed by atoms with Crippen LogP contribution >= 0.6 is 11.3 Å². The van der Waals surface area contributed by atoms with Gasteiger partial charge < -0.3 is 9.84 Å². The Labute approximate surface area is 188 Å². The Morgan fingerprint density at radius 1 is 0.906 bits per heavy atom. The predicted molar refractivity (Wildman–Crippen MR) is 125 cm³/mol. The largest absolute Gasteiger partial charge is 0.478 e. The lowest BCUT2D eigenvalue weighted by atomic mass is 9.98. The van der Waals surface area contributed by atoms with Crippen molar-refractivity contribution in [1.82, 2.24) is 0 Å². The van der Waals surface area contributed by atoms with Crippen molar-refractivity contribution in [2.75, 3.05) is 11.9 Å². The topological polar surface area (TPSA) is 75.6 Å². The quantitative estimate of drug-likeness (QED) is 0.372. The number of carboxylic acid groups (broad SMARTS) is 1. The summed E-state index contributed by atoms with van der Waals surface area (Å²) in [5.74, 6) is -1.18. The first-order valence-corrected chi connectivity index (χ1v) is 11.0. The lowest BCUT2D eigenvalue weighted by molar-refractivity contribution is 0.0698. The van der Waals surface area contributed by atoms with Gasteiger partial charge in [0.1, 0.15) is 6.61 Å². The van der Waals surface area contributed by atoms with Gasteiger partial charge in [-0.1, -0.05) is 60.7 Å². The van der Waals surface area contributed by atoms with Gasteiger partial charge in [0.05, 0.1) is 11.3 Å². The lowest BCUT2D eigenvalue weighted by Crippen LogP contribution is -2.19. The van der Waals surface area contributed by atoms with Gasteiger partial charge in [0.25, 0.3) is 0 Å². The van der Waals surface area contributed by atoms with Crippen LogP contribution in [0.3, 0.4) is 0 Å². The number of ether oxygens (including phenoxy) is 1. The van der Waals surface area contributed by atoms with Crippen LogP contribution in [0.25, 0.3) is 21.6 Å². The van der Waals surface area contributed by atoms with Gasteiger partial charge >= 0.3 is 12.1 Å². The van der Waals surface area contributed by atoms with Gasteiger partial charge in [-0.15, -0.1) is 11.3 Å². The normalized spacial score (nSPS) is 12.1. The van der Waals surface area contributed by atoms with Crippen LogP contribution in [-0.4, -0.2) is 23.8 Å². The maximum absolute atomic E-state index is 12.6. The van der Waals surface area contributed by atoms with Crippen molar-refractivity contribution in [3.63, 3.8) is 0 Å². The highest BCUT2D eigenvalue weighted by atomic mass is 32.1. The van der Waals surface area contributed by atoms with Crippen LogP contribution in [-0.2, 0) is 4.74 Å². The van der Waals surface area contributed by atoms with Crippen LogP contribution in [0.1, 0.15) is 27.4 Å². The molecule has 1 amide bonds. The Kier molecular flexibility index (Phi) is 5.21. The van der Waals surface area contributed by atoms with E-state index < -0.39 is 12.1 Å². The zero-order valence-corrected chi connectivity index (χ0v) is 17.8. The number of hydrogen-bond acceptors (Lipinski definition) is 4. The molecule has 4 aromatic rings. The second kappa shape index (κ2) is 8.32. The number of amides is 1. The van der Waals surface area contributed by atoms with E-state index in [0.717, 1.165) is 32.7 Å². The van der Waals surface area contributed by atoms with Crippen LogP contribution in [0.15, 0.2) is 84.2 Å². The van der Waals surface area contributed by atoms with E-state index in [1.54, 1.807) is 18.2 Å². The number of thiophene rings is 1. The fraction of sp³-hybridized carbons (Fsp3) is 0.0769. The number of aromatic carboxylic acids is 1. The number of carbonyl (C=O) groups is 2. The first kappa shape index (κ1) is 20.0. The molecule has 0 saturated heterocycles.